The van der Waals surface area contributed by atoms with Crippen LogP contribution < -0.4 is 10.6 Å². The summed E-state index contributed by atoms with van der Waals surface area (Å²) < 4.78 is 0. The van der Waals surface area contributed by atoms with E-state index in [0.29, 0.717) is 24.4 Å². The summed E-state index contributed by atoms with van der Waals surface area (Å²) in [5.41, 5.74) is 0.629. The van der Waals surface area contributed by atoms with Gasteiger partial charge in [0.15, 0.2) is 0 Å². The van der Waals surface area contributed by atoms with Crippen LogP contribution in [0, 0.1) is 5.92 Å². The fourth-order valence-electron chi connectivity index (χ4n) is 3.55. The van der Waals surface area contributed by atoms with Crippen molar-refractivity contribution in [3.63, 3.8) is 0 Å². The summed E-state index contributed by atoms with van der Waals surface area (Å²) in [5.74, 6) is 0.666. The first-order valence-electron chi connectivity index (χ1n) is 9.37. The monoisotopic (exact) mass is 353 g/mol. The van der Waals surface area contributed by atoms with Crippen molar-refractivity contribution in [3.8, 4) is 0 Å². The first-order valence-corrected chi connectivity index (χ1v) is 9.37. The SMILES string of the molecule is CNCC1CCN(C(=O)CCNC(=O)c2ccc3ccccc3c2)CC1. The number of likely N-dealkylation sites (tertiary alicyclic amines) is 1. The van der Waals surface area contributed by atoms with Crippen molar-refractivity contribution in [2.45, 2.75) is 19.3 Å². The number of rotatable bonds is 6. The highest BCUT2D eigenvalue weighted by atomic mass is 16.2. The van der Waals surface area contributed by atoms with E-state index < -0.39 is 0 Å². The van der Waals surface area contributed by atoms with E-state index in [0.717, 1.165) is 43.2 Å². The molecule has 0 radical (unpaired) electrons. The van der Waals surface area contributed by atoms with Crippen LogP contribution in [0.4, 0.5) is 0 Å². The van der Waals surface area contributed by atoms with Crippen molar-refractivity contribution in [2.24, 2.45) is 5.92 Å². The highest BCUT2D eigenvalue weighted by Gasteiger charge is 2.22. The average molecular weight is 353 g/mol. The Hall–Kier alpha value is -2.40. The fraction of sp³-hybridized carbons (Fsp3) is 0.429. The van der Waals surface area contributed by atoms with E-state index in [-0.39, 0.29) is 11.8 Å². The largest absolute Gasteiger partial charge is 0.352 e. The number of nitrogens with one attached hydrogen (secondary N) is 2. The van der Waals surface area contributed by atoms with Gasteiger partial charge in [-0.15, -0.1) is 0 Å². The van der Waals surface area contributed by atoms with Gasteiger partial charge in [0.2, 0.25) is 5.91 Å². The van der Waals surface area contributed by atoms with Gasteiger partial charge in [-0.2, -0.15) is 0 Å². The summed E-state index contributed by atoms with van der Waals surface area (Å²) in [6, 6.07) is 13.6. The molecule has 1 heterocycles. The fourth-order valence-corrected chi connectivity index (χ4v) is 3.55. The normalized spacial score (nSPS) is 15.2. The molecule has 1 fully saturated rings. The number of carbonyl (C=O) groups excluding carboxylic acids is 2. The second-order valence-corrected chi connectivity index (χ2v) is 6.95. The lowest BCUT2D eigenvalue weighted by atomic mass is 9.96. The smallest absolute Gasteiger partial charge is 0.251 e. The topological polar surface area (TPSA) is 61.4 Å². The number of amides is 2. The molecule has 1 aliphatic rings. The van der Waals surface area contributed by atoms with E-state index in [2.05, 4.69) is 10.6 Å². The number of piperidine rings is 1. The van der Waals surface area contributed by atoms with Crippen molar-refractivity contribution < 1.29 is 9.59 Å². The summed E-state index contributed by atoms with van der Waals surface area (Å²) >= 11 is 0. The number of benzene rings is 2. The molecule has 0 unspecified atom stereocenters. The van der Waals surface area contributed by atoms with Gasteiger partial charge in [-0.1, -0.05) is 30.3 Å². The van der Waals surface area contributed by atoms with Crippen LogP contribution >= 0.6 is 0 Å². The zero-order valence-corrected chi connectivity index (χ0v) is 15.3. The summed E-state index contributed by atoms with van der Waals surface area (Å²) in [4.78, 5) is 26.6. The molecule has 2 aromatic rings. The van der Waals surface area contributed by atoms with Crippen molar-refractivity contribution in [2.75, 3.05) is 33.2 Å². The van der Waals surface area contributed by atoms with Crippen molar-refractivity contribution in [1.29, 1.82) is 0 Å². The van der Waals surface area contributed by atoms with Gasteiger partial charge in [-0.3, -0.25) is 9.59 Å². The Kier molecular flexibility index (Phi) is 6.23. The Balaban J connectivity index is 1.45. The number of hydrogen-bond acceptors (Lipinski definition) is 3. The minimum Gasteiger partial charge on any atom is -0.352 e. The number of nitrogens with zero attached hydrogens (tertiary/aromatic N) is 1. The number of fused-ring (bicyclic) bond motifs is 1. The van der Waals surface area contributed by atoms with Gasteiger partial charge in [-0.25, -0.2) is 0 Å². The van der Waals surface area contributed by atoms with E-state index in [1.165, 1.54) is 0 Å². The maximum absolute atomic E-state index is 12.3. The quantitative estimate of drug-likeness (QED) is 0.838. The highest BCUT2D eigenvalue weighted by Crippen LogP contribution is 2.17. The minimum atomic E-state index is -0.128. The van der Waals surface area contributed by atoms with Crippen LogP contribution in [-0.2, 0) is 4.79 Å². The third-order valence-electron chi connectivity index (χ3n) is 5.10. The molecule has 26 heavy (non-hydrogen) atoms. The van der Waals surface area contributed by atoms with Crippen molar-refractivity contribution in [3.05, 3.63) is 48.0 Å². The van der Waals surface area contributed by atoms with E-state index in [1.54, 1.807) is 0 Å². The van der Waals surface area contributed by atoms with Crippen LogP contribution in [-0.4, -0.2) is 49.9 Å². The van der Waals surface area contributed by atoms with Crippen LogP contribution in [0.25, 0.3) is 10.8 Å². The Morgan fingerprint density at radius 2 is 1.81 bits per heavy atom. The molecule has 0 aromatic heterocycles. The van der Waals surface area contributed by atoms with E-state index in [4.69, 9.17) is 0 Å². The zero-order valence-electron chi connectivity index (χ0n) is 15.3. The molecule has 5 nitrogen and oxygen atoms in total. The van der Waals surface area contributed by atoms with Gasteiger partial charge in [-0.05, 0) is 55.3 Å². The van der Waals surface area contributed by atoms with E-state index in [9.17, 15) is 9.59 Å². The van der Waals surface area contributed by atoms with Gasteiger partial charge in [0.05, 0.1) is 0 Å². The van der Waals surface area contributed by atoms with Crippen LogP contribution in [0.5, 0.6) is 0 Å². The summed E-state index contributed by atoms with van der Waals surface area (Å²) in [6.45, 7) is 3.04. The molecule has 2 N–H and O–H groups in total. The molecule has 138 valence electrons. The summed E-state index contributed by atoms with van der Waals surface area (Å²) in [7, 11) is 1.97. The Morgan fingerprint density at radius 1 is 1.08 bits per heavy atom. The molecule has 1 aliphatic heterocycles. The standard InChI is InChI=1S/C21H27N3O2/c1-22-15-16-9-12-24(13-10-16)20(25)8-11-23-21(26)19-7-6-17-4-2-3-5-18(17)14-19/h2-7,14,16,22H,8-13,15H2,1H3,(H,23,26). The third kappa shape index (κ3) is 4.61. The van der Waals surface area contributed by atoms with E-state index >= 15 is 0 Å². The molecule has 1 saturated heterocycles. The van der Waals surface area contributed by atoms with Crippen LogP contribution in [0.3, 0.4) is 0 Å². The van der Waals surface area contributed by atoms with E-state index in [1.807, 2.05) is 54.4 Å². The second kappa shape index (κ2) is 8.81. The zero-order chi connectivity index (χ0) is 18.4. The van der Waals surface area contributed by atoms with Gasteiger partial charge < -0.3 is 15.5 Å². The van der Waals surface area contributed by atoms with Crippen LogP contribution in [0.2, 0.25) is 0 Å². The molecule has 0 aliphatic carbocycles. The van der Waals surface area contributed by atoms with Gasteiger partial charge in [0.25, 0.3) is 5.91 Å². The highest BCUT2D eigenvalue weighted by molar-refractivity contribution is 5.98. The molecular formula is C21H27N3O2. The number of carbonyl (C=O) groups is 2. The lowest BCUT2D eigenvalue weighted by molar-refractivity contribution is -0.132. The number of hydrogen-bond donors (Lipinski definition) is 2. The summed E-state index contributed by atoms with van der Waals surface area (Å²) in [5, 5.41) is 8.22. The maximum Gasteiger partial charge on any atom is 0.251 e. The Morgan fingerprint density at radius 3 is 2.54 bits per heavy atom. The predicted octanol–water partition coefficient (Wildman–Crippen LogP) is 2.42. The molecule has 5 heteroatoms. The minimum absolute atomic E-state index is 0.128. The molecule has 0 saturated carbocycles. The third-order valence-corrected chi connectivity index (χ3v) is 5.10. The summed E-state index contributed by atoms with van der Waals surface area (Å²) in [6.07, 6.45) is 2.46. The predicted molar refractivity (Wildman–Crippen MR) is 104 cm³/mol. The average Bonchev–Trinajstić information content (AvgIpc) is 2.68. The van der Waals surface area contributed by atoms with Crippen LogP contribution in [0.15, 0.2) is 42.5 Å². The molecule has 2 aromatic carbocycles. The molecule has 2 amide bonds. The lowest BCUT2D eigenvalue weighted by Crippen LogP contribution is -2.41. The Bertz CT molecular complexity index is 767. The molecule has 0 atom stereocenters. The lowest BCUT2D eigenvalue weighted by Gasteiger charge is -2.32. The first-order chi connectivity index (χ1) is 12.7. The van der Waals surface area contributed by atoms with Crippen molar-refractivity contribution in [1.82, 2.24) is 15.5 Å². The van der Waals surface area contributed by atoms with Crippen molar-refractivity contribution >= 4 is 22.6 Å². The van der Waals surface area contributed by atoms with Gasteiger partial charge >= 0.3 is 0 Å². The molecule has 0 bridgehead atoms. The molecule has 3 rings (SSSR count). The van der Waals surface area contributed by atoms with Gasteiger partial charge in [0.1, 0.15) is 0 Å². The molecular weight excluding hydrogens is 326 g/mol. The second-order valence-electron chi connectivity index (χ2n) is 6.95. The van der Waals surface area contributed by atoms with Gasteiger partial charge in [0, 0.05) is 31.6 Å². The first kappa shape index (κ1) is 18.4. The molecule has 0 spiro atoms. The Labute approximate surface area is 154 Å². The maximum atomic E-state index is 12.3. The van der Waals surface area contributed by atoms with Crippen LogP contribution in [0.1, 0.15) is 29.6 Å².